The zero-order chi connectivity index (χ0) is 40.5. The molecule has 302 valence electrons. The van der Waals surface area contributed by atoms with Crippen molar-refractivity contribution in [1.82, 2.24) is 41.5 Å². The minimum Gasteiger partial charge on any atom is -0.444 e. The minimum absolute atomic E-state index is 0.0490. The average Bonchev–Trinajstić information content (AvgIpc) is 3.73. The summed E-state index contributed by atoms with van der Waals surface area (Å²) in [7, 11) is 2.10. The number of nitrogens with zero attached hydrogens (tertiary/aromatic N) is 4. The van der Waals surface area contributed by atoms with Crippen LogP contribution >= 0.6 is 0 Å². The number of carbonyl (C=O) groups excluding carboxylic acids is 4. The molecule has 2 heterocycles. The number of benzene rings is 3. The fourth-order valence-electron chi connectivity index (χ4n) is 7.49. The Morgan fingerprint density at radius 1 is 0.895 bits per heavy atom. The van der Waals surface area contributed by atoms with E-state index in [0.29, 0.717) is 36.5 Å². The lowest BCUT2D eigenvalue weighted by molar-refractivity contribution is -0.130. The molecule has 3 aromatic carbocycles. The highest BCUT2D eigenvalue weighted by atomic mass is 16.6. The highest BCUT2D eigenvalue weighted by molar-refractivity contribution is 5.98. The molecule has 4 amide bonds. The standard InChI is InChI=1S/C43H55N9O5/c1-27-24-33(40(54)45-35-20-22-52(5)23-21-35)16-19-36(27)30-10-6-28(7-11-30)25-37(41(55)46-34-17-14-31(15-18-34)38-48-50-51-49-38)47-39(53)32-12-8-29(9-13-32)26-44-42(56)57-43(2,3)4/h6-7,10-11,14-19,24,29,32,35,37H,8-9,12-13,20-23,25-26H2,1-5H3,(H,44,56)(H,45,54)(H,46,55)(H,47,53)(H,48,49,50,51)/t29?,32?,37-/m0/s1. The first kappa shape index (κ1) is 41.0. The second kappa shape index (κ2) is 18.5. The molecule has 0 bridgehead atoms. The summed E-state index contributed by atoms with van der Waals surface area (Å²) in [5, 5.41) is 26.1. The van der Waals surface area contributed by atoms with Gasteiger partial charge in [0.25, 0.3) is 5.91 Å². The lowest BCUT2D eigenvalue weighted by atomic mass is 9.81. The molecule has 4 aromatic rings. The van der Waals surface area contributed by atoms with Crippen molar-refractivity contribution >= 4 is 29.5 Å². The third-order valence-electron chi connectivity index (χ3n) is 10.8. The first-order valence-corrected chi connectivity index (χ1v) is 19.9. The molecule has 5 N–H and O–H groups in total. The van der Waals surface area contributed by atoms with Gasteiger partial charge in [0.2, 0.25) is 17.6 Å². The largest absolute Gasteiger partial charge is 0.444 e. The average molecular weight is 778 g/mol. The number of H-pyrrole nitrogens is 1. The molecule has 0 unspecified atom stereocenters. The Hall–Kier alpha value is -5.63. The highest BCUT2D eigenvalue weighted by Crippen LogP contribution is 2.30. The number of rotatable bonds is 12. The SMILES string of the molecule is Cc1cc(C(=O)NC2CCN(C)CC2)ccc1-c1ccc(C[C@H](NC(=O)C2CCC(CNC(=O)OC(C)(C)C)CC2)C(=O)Nc2ccc(-c3nn[nH]n3)cc2)cc1. The first-order valence-electron chi connectivity index (χ1n) is 19.9. The van der Waals surface area contributed by atoms with Crippen LogP contribution in [0.1, 0.15) is 80.8 Å². The molecular formula is C43H55N9O5. The molecule has 2 fully saturated rings. The molecule has 2 aliphatic rings. The Morgan fingerprint density at radius 3 is 2.21 bits per heavy atom. The van der Waals surface area contributed by atoms with Gasteiger partial charge in [0, 0.05) is 41.7 Å². The number of tetrazole rings is 1. The fraction of sp³-hybridized carbons (Fsp3) is 0.465. The highest BCUT2D eigenvalue weighted by Gasteiger charge is 2.30. The maximum absolute atomic E-state index is 13.9. The van der Waals surface area contributed by atoms with Crippen LogP contribution in [0.2, 0.25) is 0 Å². The number of likely N-dealkylation sites (tertiary alicyclic amines) is 1. The number of aromatic nitrogens is 4. The Morgan fingerprint density at radius 2 is 1.58 bits per heavy atom. The van der Waals surface area contributed by atoms with Gasteiger partial charge in [-0.15, -0.1) is 10.2 Å². The number of amides is 4. The van der Waals surface area contributed by atoms with Crippen molar-refractivity contribution in [2.45, 2.75) is 90.3 Å². The summed E-state index contributed by atoms with van der Waals surface area (Å²) in [5.74, 6) is -0.0976. The summed E-state index contributed by atoms with van der Waals surface area (Å²) in [6, 6.07) is 20.2. The van der Waals surface area contributed by atoms with Crippen molar-refractivity contribution in [3.63, 3.8) is 0 Å². The lowest BCUT2D eigenvalue weighted by Gasteiger charge is -2.29. The quantitative estimate of drug-likeness (QED) is 0.121. The smallest absolute Gasteiger partial charge is 0.407 e. The molecule has 0 radical (unpaired) electrons. The Balaban J connectivity index is 1.10. The third-order valence-corrected chi connectivity index (χ3v) is 10.8. The molecule has 1 aliphatic heterocycles. The molecule has 1 saturated carbocycles. The van der Waals surface area contributed by atoms with Gasteiger partial charge in [-0.1, -0.05) is 30.3 Å². The minimum atomic E-state index is -0.837. The fourth-order valence-corrected chi connectivity index (χ4v) is 7.49. The molecule has 1 atom stereocenters. The van der Waals surface area contributed by atoms with Crippen LogP contribution in [0, 0.1) is 18.8 Å². The number of anilines is 1. The van der Waals surface area contributed by atoms with E-state index in [9.17, 15) is 19.2 Å². The summed E-state index contributed by atoms with van der Waals surface area (Å²) >= 11 is 0. The van der Waals surface area contributed by atoms with Crippen LogP contribution in [0.25, 0.3) is 22.5 Å². The van der Waals surface area contributed by atoms with E-state index in [2.05, 4.69) is 53.8 Å². The number of aromatic amines is 1. The van der Waals surface area contributed by atoms with Crippen LogP contribution in [0.15, 0.2) is 66.7 Å². The second-order valence-corrected chi connectivity index (χ2v) is 16.4. The number of nitrogens with one attached hydrogen (secondary N) is 5. The van der Waals surface area contributed by atoms with Gasteiger partial charge in [-0.05, 0) is 156 Å². The van der Waals surface area contributed by atoms with E-state index in [4.69, 9.17) is 4.74 Å². The van der Waals surface area contributed by atoms with Crippen molar-refractivity contribution in [2.24, 2.45) is 11.8 Å². The van der Waals surface area contributed by atoms with Crippen LogP contribution in [-0.4, -0.2) is 93.7 Å². The van der Waals surface area contributed by atoms with E-state index in [1.54, 1.807) is 24.3 Å². The second-order valence-electron chi connectivity index (χ2n) is 16.4. The van der Waals surface area contributed by atoms with Crippen LogP contribution in [0.4, 0.5) is 10.5 Å². The van der Waals surface area contributed by atoms with Crippen molar-refractivity contribution in [1.29, 1.82) is 0 Å². The number of carbonyl (C=O) groups is 4. The van der Waals surface area contributed by atoms with Crippen LogP contribution in [0.5, 0.6) is 0 Å². The van der Waals surface area contributed by atoms with Crippen LogP contribution < -0.4 is 21.3 Å². The number of piperidine rings is 1. The maximum atomic E-state index is 13.9. The summed E-state index contributed by atoms with van der Waals surface area (Å²) in [6.07, 6.45) is 4.62. The maximum Gasteiger partial charge on any atom is 0.407 e. The van der Waals surface area contributed by atoms with Gasteiger partial charge >= 0.3 is 6.09 Å². The van der Waals surface area contributed by atoms with Crippen molar-refractivity contribution in [3.05, 3.63) is 83.4 Å². The molecule has 1 saturated heterocycles. The summed E-state index contributed by atoms with van der Waals surface area (Å²) in [6.45, 7) is 9.94. The molecule has 1 aliphatic carbocycles. The summed E-state index contributed by atoms with van der Waals surface area (Å²) in [5.41, 5.74) is 5.26. The summed E-state index contributed by atoms with van der Waals surface area (Å²) < 4.78 is 5.36. The molecule has 1 aromatic heterocycles. The molecule has 0 spiro atoms. The van der Waals surface area contributed by atoms with Gasteiger partial charge in [0.05, 0.1) is 0 Å². The predicted molar refractivity (Wildman–Crippen MR) is 218 cm³/mol. The topological polar surface area (TPSA) is 183 Å². The molecule has 6 rings (SSSR count). The normalized spacial score (nSPS) is 18.3. The van der Waals surface area contributed by atoms with E-state index in [0.717, 1.165) is 66.6 Å². The van der Waals surface area contributed by atoms with Gasteiger partial charge < -0.3 is 30.9 Å². The summed E-state index contributed by atoms with van der Waals surface area (Å²) in [4.78, 5) is 55.0. The predicted octanol–water partition coefficient (Wildman–Crippen LogP) is 5.66. The van der Waals surface area contributed by atoms with Gasteiger partial charge in [-0.25, -0.2) is 4.79 Å². The molecule has 14 heteroatoms. The Labute approximate surface area is 334 Å². The number of aryl methyl sites for hydroxylation is 1. The third kappa shape index (κ3) is 11.7. The van der Waals surface area contributed by atoms with E-state index in [-0.39, 0.29) is 42.0 Å². The zero-order valence-electron chi connectivity index (χ0n) is 33.6. The van der Waals surface area contributed by atoms with Gasteiger partial charge in [-0.3, -0.25) is 14.4 Å². The number of hydrogen-bond donors (Lipinski definition) is 5. The van der Waals surface area contributed by atoms with Crippen molar-refractivity contribution < 1.29 is 23.9 Å². The van der Waals surface area contributed by atoms with E-state index in [1.807, 2.05) is 70.2 Å². The first-order chi connectivity index (χ1) is 27.3. The van der Waals surface area contributed by atoms with Crippen LogP contribution in [0.3, 0.4) is 0 Å². The van der Waals surface area contributed by atoms with E-state index >= 15 is 0 Å². The molecular weight excluding hydrogens is 723 g/mol. The van der Waals surface area contributed by atoms with E-state index < -0.39 is 17.7 Å². The van der Waals surface area contributed by atoms with Gasteiger partial charge in [0.15, 0.2) is 0 Å². The van der Waals surface area contributed by atoms with E-state index in [1.165, 1.54) is 0 Å². The number of hydrogen-bond acceptors (Lipinski definition) is 9. The van der Waals surface area contributed by atoms with Gasteiger partial charge in [0.1, 0.15) is 11.6 Å². The van der Waals surface area contributed by atoms with Crippen LogP contribution in [-0.2, 0) is 20.7 Å². The Bertz CT molecular complexity index is 1980. The Kier molecular flexibility index (Phi) is 13.3. The van der Waals surface area contributed by atoms with Crippen molar-refractivity contribution in [2.75, 3.05) is 32.0 Å². The van der Waals surface area contributed by atoms with Gasteiger partial charge in [-0.2, -0.15) is 5.21 Å². The zero-order valence-corrected chi connectivity index (χ0v) is 33.6. The van der Waals surface area contributed by atoms with Crippen molar-refractivity contribution in [3.8, 4) is 22.5 Å². The number of ether oxygens (including phenoxy) is 1. The monoisotopic (exact) mass is 777 g/mol. The number of alkyl carbamates (subject to hydrolysis) is 1. The molecule has 14 nitrogen and oxygen atoms in total. The molecule has 57 heavy (non-hydrogen) atoms. The lowest BCUT2D eigenvalue weighted by Crippen LogP contribution is -2.48.